The number of carbonyl (C=O) groups is 1. The van der Waals surface area contributed by atoms with Gasteiger partial charge >= 0.3 is 0 Å². The fraction of sp³-hybridized carbons (Fsp3) is 0.500. The van der Waals surface area contributed by atoms with Crippen molar-refractivity contribution in [3.05, 3.63) is 28.8 Å². The zero-order valence-corrected chi connectivity index (χ0v) is 11.3. The van der Waals surface area contributed by atoms with Crippen molar-refractivity contribution >= 4 is 11.6 Å². The highest BCUT2D eigenvalue weighted by Crippen LogP contribution is 2.17. The predicted octanol–water partition coefficient (Wildman–Crippen LogP) is 1.78. The molecule has 0 aliphatic heterocycles. The highest BCUT2D eigenvalue weighted by Gasteiger charge is 2.12. The predicted molar refractivity (Wildman–Crippen MR) is 73.6 cm³/mol. The summed E-state index contributed by atoms with van der Waals surface area (Å²) >= 11 is 0. The molecule has 0 heterocycles. The topological polar surface area (TPSA) is 75.3 Å². The van der Waals surface area contributed by atoms with Gasteiger partial charge in [0.1, 0.15) is 0 Å². The van der Waals surface area contributed by atoms with Crippen molar-refractivity contribution < 1.29 is 9.90 Å². The molecule has 100 valence electrons. The highest BCUT2D eigenvalue weighted by atomic mass is 16.3. The zero-order valence-electron chi connectivity index (χ0n) is 11.3. The Balaban J connectivity index is 2.70. The number of aryl methyl sites for hydroxylation is 2. The maximum Gasteiger partial charge on any atom is 0.251 e. The van der Waals surface area contributed by atoms with E-state index in [-0.39, 0.29) is 12.5 Å². The third kappa shape index (κ3) is 3.74. The molecule has 4 heteroatoms. The van der Waals surface area contributed by atoms with Crippen LogP contribution in [0.3, 0.4) is 0 Å². The number of rotatable bonds is 5. The molecule has 1 unspecified atom stereocenters. The lowest BCUT2D eigenvalue weighted by Crippen LogP contribution is -2.32. The van der Waals surface area contributed by atoms with Crippen molar-refractivity contribution in [2.75, 3.05) is 12.3 Å². The van der Waals surface area contributed by atoms with Crippen LogP contribution >= 0.6 is 0 Å². The van der Waals surface area contributed by atoms with Gasteiger partial charge in [-0.15, -0.1) is 0 Å². The molecule has 4 N–H and O–H groups in total. The molecule has 0 fully saturated rings. The Morgan fingerprint density at radius 2 is 2.06 bits per heavy atom. The van der Waals surface area contributed by atoms with Crippen LogP contribution in [0.1, 0.15) is 41.3 Å². The summed E-state index contributed by atoms with van der Waals surface area (Å²) in [7, 11) is 0. The maximum atomic E-state index is 12.0. The van der Waals surface area contributed by atoms with Crippen LogP contribution in [0.15, 0.2) is 12.1 Å². The summed E-state index contributed by atoms with van der Waals surface area (Å²) < 4.78 is 0. The largest absolute Gasteiger partial charge is 0.398 e. The van der Waals surface area contributed by atoms with Crippen LogP contribution in [0.25, 0.3) is 0 Å². The molecule has 4 nitrogen and oxygen atoms in total. The van der Waals surface area contributed by atoms with Crippen LogP contribution < -0.4 is 11.1 Å². The number of anilines is 1. The first-order chi connectivity index (χ1) is 8.45. The smallest absolute Gasteiger partial charge is 0.251 e. The van der Waals surface area contributed by atoms with E-state index in [9.17, 15) is 9.90 Å². The summed E-state index contributed by atoms with van der Waals surface area (Å²) in [6, 6.07) is 3.58. The minimum atomic E-state index is -0.484. The number of aliphatic hydroxyl groups is 1. The number of nitrogen functional groups attached to an aromatic ring is 1. The molecular weight excluding hydrogens is 228 g/mol. The van der Waals surface area contributed by atoms with E-state index >= 15 is 0 Å². The third-order valence-corrected chi connectivity index (χ3v) is 2.98. The van der Waals surface area contributed by atoms with Gasteiger partial charge in [0.05, 0.1) is 6.10 Å². The summed E-state index contributed by atoms with van der Waals surface area (Å²) in [5.41, 5.74) is 8.84. The monoisotopic (exact) mass is 250 g/mol. The Hall–Kier alpha value is -1.55. The lowest BCUT2D eigenvalue weighted by atomic mass is 10.0. The second-order valence-electron chi connectivity index (χ2n) is 4.68. The van der Waals surface area contributed by atoms with Crippen molar-refractivity contribution in [3.8, 4) is 0 Å². The van der Waals surface area contributed by atoms with E-state index in [2.05, 4.69) is 5.32 Å². The number of nitrogens with one attached hydrogen (secondary N) is 1. The molecule has 0 saturated heterocycles. The molecule has 0 aliphatic rings. The van der Waals surface area contributed by atoms with Crippen molar-refractivity contribution in [2.24, 2.45) is 0 Å². The van der Waals surface area contributed by atoms with Crippen molar-refractivity contribution in [2.45, 2.75) is 39.7 Å². The summed E-state index contributed by atoms with van der Waals surface area (Å²) in [5, 5.41) is 12.3. The van der Waals surface area contributed by atoms with E-state index in [0.29, 0.717) is 17.7 Å². The van der Waals surface area contributed by atoms with E-state index in [1.807, 2.05) is 26.8 Å². The van der Waals surface area contributed by atoms with Crippen molar-refractivity contribution in [3.63, 3.8) is 0 Å². The molecule has 1 aromatic rings. The number of hydrogen-bond acceptors (Lipinski definition) is 3. The van der Waals surface area contributed by atoms with Gasteiger partial charge in [-0.25, -0.2) is 0 Å². The number of hydrogen-bond donors (Lipinski definition) is 3. The van der Waals surface area contributed by atoms with Gasteiger partial charge in [0, 0.05) is 17.8 Å². The normalized spacial score (nSPS) is 12.2. The number of benzene rings is 1. The highest BCUT2D eigenvalue weighted by molar-refractivity contribution is 5.96. The first-order valence-corrected chi connectivity index (χ1v) is 6.28. The fourth-order valence-corrected chi connectivity index (χ4v) is 1.85. The third-order valence-electron chi connectivity index (χ3n) is 2.98. The van der Waals surface area contributed by atoms with Crippen LogP contribution in [0.5, 0.6) is 0 Å². The van der Waals surface area contributed by atoms with Gasteiger partial charge in [-0.05, 0) is 37.5 Å². The first-order valence-electron chi connectivity index (χ1n) is 6.28. The Morgan fingerprint density at radius 1 is 1.39 bits per heavy atom. The van der Waals surface area contributed by atoms with Crippen LogP contribution in [-0.2, 0) is 0 Å². The van der Waals surface area contributed by atoms with E-state index < -0.39 is 6.10 Å². The van der Waals surface area contributed by atoms with Gasteiger partial charge in [-0.1, -0.05) is 19.4 Å². The molecule has 1 rings (SSSR count). The van der Waals surface area contributed by atoms with Crippen LogP contribution in [0.2, 0.25) is 0 Å². The Kier molecular flexibility index (Phi) is 5.16. The standard InChI is InChI=1S/C14H22N2O2/c1-4-5-11(17)8-16-14(18)12-7-13(15)10(3)6-9(12)2/h6-7,11,17H,4-5,8,15H2,1-3H3,(H,16,18). The van der Waals surface area contributed by atoms with Crippen molar-refractivity contribution in [1.29, 1.82) is 0 Å². The molecule has 1 atom stereocenters. The molecule has 1 aromatic carbocycles. The lowest BCUT2D eigenvalue weighted by molar-refractivity contribution is 0.0909. The van der Waals surface area contributed by atoms with Gasteiger partial charge in [0.25, 0.3) is 5.91 Å². The molecule has 0 saturated carbocycles. The minimum absolute atomic E-state index is 0.186. The van der Waals surface area contributed by atoms with Crippen LogP contribution in [-0.4, -0.2) is 23.7 Å². The molecule has 18 heavy (non-hydrogen) atoms. The Labute approximate surface area is 108 Å². The molecule has 0 radical (unpaired) electrons. The quantitative estimate of drug-likeness (QED) is 0.697. The first kappa shape index (κ1) is 14.5. The SMILES string of the molecule is CCCC(O)CNC(=O)c1cc(N)c(C)cc1C. The van der Waals surface area contributed by atoms with Gasteiger partial charge in [-0.3, -0.25) is 4.79 Å². The number of carbonyl (C=O) groups excluding carboxylic acids is 1. The van der Waals surface area contributed by atoms with Gasteiger partial charge < -0.3 is 16.2 Å². The van der Waals surface area contributed by atoms with Crippen molar-refractivity contribution in [1.82, 2.24) is 5.32 Å². The van der Waals surface area contributed by atoms with E-state index in [1.54, 1.807) is 6.07 Å². The van der Waals surface area contributed by atoms with Crippen LogP contribution in [0.4, 0.5) is 5.69 Å². The molecule has 0 bridgehead atoms. The molecular formula is C14H22N2O2. The fourth-order valence-electron chi connectivity index (χ4n) is 1.85. The summed E-state index contributed by atoms with van der Waals surface area (Å²) in [6.07, 6.45) is 1.10. The molecule has 1 amide bonds. The van der Waals surface area contributed by atoms with Gasteiger partial charge in [0.15, 0.2) is 0 Å². The summed E-state index contributed by atoms with van der Waals surface area (Å²) in [6.45, 7) is 6.06. The number of nitrogens with two attached hydrogens (primary N) is 1. The Bertz CT molecular complexity index is 430. The van der Waals surface area contributed by atoms with Gasteiger partial charge in [0.2, 0.25) is 0 Å². The number of aliphatic hydroxyl groups excluding tert-OH is 1. The summed E-state index contributed by atoms with van der Waals surface area (Å²) in [4.78, 5) is 12.0. The minimum Gasteiger partial charge on any atom is -0.398 e. The second-order valence-corrected chi connectivity index (χ2v) is 4.68. The molecule has 0 aromatic heterocycles. The lowest BCUT2D eigenvalue weighted by Gasteiger charge is -2.13. The average Bonchev–Trinajstić information content (AvgIpc) is 2.31. The Morgan fingerprint density at radius 3 is 2.67 bits per heavy atom. The van der Waals surface area contributed by atoms with Gasteiger partial charge in [-0.2, -0.15) is 0 Å². The second kappa shape index (κ2) is 6.40. The number of amides is 1. The zero-order chi connectivity index (χ0) is 13.7. The maximum absolute atomic E-state index is 12.0. The van der Waals surface area contributed by atoms with E-state index in [4.69, 9.17) is 5.73 Å². The van der Waals surface area contributed by atoms with Crippen LogP contribution in [0, 0.1) is 13.8 Å². The molecule has 0 spiro atoms. The summed E-state index contributed by atoms with van der Waals surface area (Å²) in [5.74, 6) is -0.186. The molecule has 0 aliphatic carbocycles. The van der Waals surface area contributed by atoms with E-state index in [1.165, 1.54) is 0 Å². The van der Waals surface area contributed by atoms with E-state index in [0.717, 1.165) is 17.5 Å². The average molecular weight is 250 g/mol.